The fourth-order valence-electron chi connectivity index (χ4n) is 1.27. The molecule has 0 aliphatic heterocycles. The van der Waals surface area contributed by atoms with Gasteiger partial charge >= 0.3 is 0 Å². The van der Waals surface area contributed by atoms with Crippen molar-refractivity contribution in [2.45, 2.75) is 36.8 Å². The largest absolute Gasteiger partial charge is 0.303 e. The average Bonchev–Trinajstić information content (AvgIpc) is 2.18. The van der Waals surface area contributed by atoms with Crippen LogP contribution in [-0.4, -0.2) is 11.5 Å². The standard InChI is InChI=1S/C12H15BrOS/c1-9(2)15-12-6-5-10(4-3-7-14)8-11(12)13/h5-9H,3-4H2,1-2H3. The number of thioether (sulfide) groups is 1. The number of benzene rings is 1. The van der Waals surface area contributed by atoms with Crippen molar-refractivity contribution < 1.29 is 4.79 Å². The molecule has 0 spiro atoms. The molecule has 0 unspecified atom stereocenters. The van der Waals surface area contributed by atoms with Gasteiger partial charge in [0.2, 0.25) is 0 Å². The molecular weight excluding hydrogens is 272 g/mol. The summed E-state index contributed by atoms with van der Waals surface area (Å²) in [6.07, 6.45) is 2.39. The quantitative estimate of drug-likeness (QED) is 0.599. The molecule has 0 saturated carbocycles. The van der Waals surface area contributed by atoms with Crippen LogP contribution in [0.3, 0.4) is 0 Å². The van der Waals surface area contributed by atoms with E-state index in [2.05, 4.69) is 48.0 Å². The van der Waals surface area contributed by atoms with E-state index in [9.17, 15) is 4.79 Å². The van der Waals surface area contributed by atoms with Crippen LogP contribution < -0.4 is 0 Å². The highest BCUT2D eigenvalue weighted by Crippen LogP contribution is 2.31. The number of aldehydes is 1. The summed E-state index contributed by atoms with van der Waals surface area (Å²) < 4.78 is 1.13. The van der Waals surface area contributed by atoms with Crippen molar-refractivity contribution in [2.24, 2.45) is 0 Å². The molecule has 0 aliphatic carbocycles. The van der Waals surface area contributed by atoms with Crippen LogP contribution in [0.25, 0.3) is 0 Å². The van der Waals surface area contributed by atoms with E-state index < -0.39 is 0 Å². The molecule has 0 fully saturated rings. The van der Waals surface area contributed by atoms with Crippen molar-refractivity contribution in [1.82, 2.24) is 0 Å². The van der Waals surface area contributed by atoms with Crippen LogP contribution in [0.15, 0.2) is 27.6 Å². The summed E-state index contributed by atoms with van der Waals surface area (Å²) in [7, 11) is 0. The zero-order chi connectivity index (χ0) is 11.3. The maximum Gasteiger partial charge on any atom is 0.120 e. The van der Waals surface area contributed by atoms with Crippen LogP contribution in [0, 0.1) is 0 Å². The zero-order valence-electron chi connectivity index (χ0n) is 9.00. The lowest BCUT2D eigenvalue weighted by Gasteiger charge is -2.08. The predicted molar refractivity (Wildman–Crippen MR) is 69.5 cm³/mol. The van der Waals surface area contributed by atoms with Gasteiger partial charge in [-0.25, -0.2) is 0 Å². The SMILES string of the molecule is CC(C)Sc1ccc(CCC=O)cc1Br. The molecule has 0 radical (unpaired) electrons. The zero-order valence-corrected chi connectivity index (χ0v) is 11.4. The van der Waals surface area contributed by atoms with Crippen molar-refractivity contribution in [3.05, 3.63) is 28.2 Å². The highest BCUT2D eigenvalue weighted by atomic mass is 79.9. The van der Waals surface area contributed by atoms with Crippen LogP contribution in [0.5, 0.6) is 0 Å². The summed E-state index contributed by atoms with van der Waals surface area (Å²) in [6, 6.07) is 6.32. The summed E-state index contributed by atoms with van der Waals surface area (Å²) in [5.74, 6) is 0. The number of hydrogen-bond donors (Lipinski definition) is 0. The number of hydrogen-bond acceptors (Lipinski definition) is 2. The van der Waals surface area contributed by atoms with Crippen molar-refractivity contribution in [3.8, 4) is 0 Å². The first-order chi connectivity index (χ1) is 7.13. The highest BCUT2D eigenvalue weighted by molar-refractivity contribution is 9.10. The first-order valence-corrected chi connectivity index (χ1v) is 6.69. The molecule has 0 aliphatic rings. The van der Waals surface area contributed by atoms with Crippen LogP contribution >= 0.6 is 27.7 Å². The van der Waals surface area contributed by atoms with E-state index in [0.717, 1.165) is 17.2 Å². The topological polar surface area (TPSA) is 17.1 Å². The number of halogens is 1. The van der Waals surface area contributed by atoms with Gasteiger partial charge in [-0.2, -0.15) is 0 Å². The first-order valence-electron chi connectivity index (χ1n) is 5.02. The Hall–Kier alpha value is -0.280. The maximum absolute atomic E-state index is 10.3. The summed E-state index contributed by atoms with van der Waals surface area (Å²) in [4.78, 5) is 11.5. The molecule has 0 bridgehead atoms. The van der Waals surface area contributed by atoms with Gasteiger partial charge in [0.05, 0.1) is 0 Å². The summed E-state index contributed by atoms with van der Waals surface area (Å²) in [5, 5.41) is 0.585. The fourth-order valence-corrected chi connectivity index (χ4v) is 2.81. The van der Waals surface area contributed by atoms with Gasteiger partial charge in [0.25, 0.3) is 0 Å². The molecule has 0 atom stereocenters. The molecule has 15 heavy (non-hydrogen) atoms. The third-order valence-corrected chi connectivity index (χ3v) is 3.91. The Morgan fingerprint density at radius 1 is 1.47 bits per heavy atom. The molecule has 1 nitrogen and oxygen atoms in total. The normalized spacial score (nSPS) is 10.7. The highest BCUT2D eigenvalue weighted by Gasteiger charge is 2.04. The van der Waals surface area contributed by atoms with E-state index in [1.807, 2.05) is 11.8 Å². The Labute approximate surface area is 104 Å². The van der Waals surface area contributed by atoms with Crippen LogP contribution in [0.4, 0.5) is 0 Å². The Kier molecular flexibility index (Phi) is 5.40. The molecule has 1 aromatic carbocycles. The van der Waals surface area contributed by atoms with Gasteiger partial charge in [0.1, 0.15) is 6.29 Å². The lowest BCUT2D eigenvalue weighted by molar-refractivity contribution is -0.107. The second-order valence-electron chi connectivity index (χ2n) is 3.64. The van der Waals surface area contributed by atoms with Crippen LogP contribution in [0.2, 0.25) is 0 Å². The molecule has 0 N–H and O–H groups in total. The predicted octanol–water partition coefficient (Wildman–Crippen LogP) is 4.08. The Balaban J connectivity index is 2.73. The van der Waals surface area contributed by atoms with Gasteiger partial charge in [-0.05, 0) is 40.0 Å². The minimum Gasteiger partial charge on any atom is -0.303 e. The number of rotatable bonds is 5. The second kappa shape index (κ2) is 6.33. The van der Waals surface area contributed by atoms with E-state index in [1.165, 1.54) is 10.5 Å². The van der Waals surface area contributed by atoms with Gasteiger partial charge in [-0.3, -0.25) is 0 Å². The van der Waals surface area contributed by atoms with Crippen molar-refractivity contribution in [2.75, 3.05) is 0 Å². The lowest BCUT2D eigenvalue weighted by atomic mass is 10.1. The first kappa shape index (κ1) is 12.8. The minimum absolute atomic E-state index is 0.585. The minimum atomic E-state index is 0.585. The van der Waals surface area contributed by atoms with Crippen LogP contribution in [0.1, 0.15) is 25.8 Å². The van der Waals surface area contributed by atoms with Gasteiger partial charge in [0, 0.05) is 21.0 Å². The van der Waals surface area contributed by atoms with Crippen LogP contribution in [-0.2, 0) is 11.2 Å². The van der Waals surface area contributed by atoms with Gasteiger partial charge in [0.15, 0.2) is 0 Å². The molecule has 0 amide bonds. The third kappa shape index (κ3) is 4.39. The van der Waals surface area contributed by atoms with E-state index >= 15 is 0 Å². The van der Waals surface area contributed by atoms with E-state index in [-0.39, 0.29) is 0 Å². The Bertz CT molecular complexity index is 336. The smallest absolute Gasteiger partial charge is 0.120 e. The molecule has 0 saturated heterocycles. The van der Waals surface area contributed by atoms with Crippen molar-refractivity contribution in [1.29, 1.82) is 0 Å². The Morgan fingerprint density at radius 3 is 2.73 bits per heavy atom. The summed E-state index contributed by atoms with van der Waals surface area (Å²) in [6.45, 7) is 4.36. The van der Waals surface area contributed by atoms with Crippen molar-refractivity contribution in [3.63, 3.8) is 0 Å². The fraction of sp³-hybridized carbons (Fsp3) is 0.417. The summed E-state index contributed by atoms with van der Waals surface area (Å²) in [5.41, 5.74) is 1.21. The molecule has 0 aromatic heterocycles. The average molecular weight is 287 g/mol. The number of aryl methyl sites for hydroxylation is 1. The Morgan fingerprint density at radius 2 is 2.20 bits per heavy atom. The van der Waals surface area contributed by atoms with E-state index in [4.69, 9.17) is 0 Å². The molecule has 1 aromatic rings. The number of carbonyl (C=O) groups is 1. The third-order valence-electron chi connectivity index (χ3n) is 1.91. The monoisotopic (exact) mass is 286 g/mol. The second-order valence-corrected chi connectivity index (χ2v) is 6.11. The van der Waals surface area contributed by atoms with Gasteiger partial charge in [-0.1, -0.05) is 19.9 Å². The lowest BCUT2D eigenvalue weighted by Crippen LogP contribution is -1.90. The summed E-state index contributed by atoms with van der Waals surface area (Å²) >= 11 is 5.40. The molecular formula is C12H15BrOS. The van der Waals surface area contributed by atoms with E-state index in [1.54, 1.807) is 0 Å². The molecule has 3 heteroatoms. The van der Waals surface area contributed by atoms with Gasteiger partial charge < -0.3 is 4.79 Å². The van der Waals surface area contributed by atoms with Gasteiger partial charge in [-0.15, -0.1) is 11.8 Å². The number of carbonyl (C=O) groups excluding carboxylic acids is 1. The van der Waals surface area contributed by atoms with Crippen molar-refractivity contribution >= 4 is 34.0 Å². The molecule has 1 rings (SSSR count). The molecule has 0 heterocycles. The van der Waals surface area contributed by atoms with E-state index in [0.29, 0.717) is 11.7 Å². The molecule has 82 valence electrons. The maximum atomic E-state index is 10.3.